The predicted octanol–water partition coefficient (Wildman–Crippen LogP) is 3.76. The minimum atomic E-state index is -1.77. The third-order valence-electron chi connectivity index (χ3n) is 4.64. The van der Waals surface area contributed by atoms with E-state index in [9.17, 15) is 4.79 Å². The third kappa shape index (κ3) is 3.69. The Bertz CT molecular complexity index is 344. The summed E-state index contributed by atoms with van der Waals surface area (Å²) < 4.78 is 11.3. The summed E-state index contributed by atoms with van der Waals surface area (Å²) in [6.07, 6.45) is 3.68. The number of carbonyl (C=O) groups is 1. The van der Waals surface area contributed by atoms with Gasteiger partial charge in [0.1, 0.15) is 0 Å². The molecule has 1 aliphatic carbocycles. The molecule has 1 rings (SSSR count). The highest BCUT2D eigenvalue weighted by Crippen LogP contribution is 2.42. The van der Waals surface area contributed by atoms with E-state index in [1.165, 1.54) is 7.11 Å². The number of hydrogen-bond donors (Lipinski definition) is 0. The molecule has 3 nitrogen and oxygen atoms in total. The lowest BCUT2D eigenvalue weighted by Gasteiger charge is -2.38. The monoisotopic (exact) mass is 284 g/mol. The zero-order valence-corrected chi connectivity index (χ0v) is 14.2. The molecule has 0 bridgehead atoms. The van der Waals surface area contributed by atoms with Gasteiger partial charge >= 0.3 is 5.97 Å². The van der Waals surface area contributed by atoms with Gasteiger partial charge in [-0.1, -0.05) is 26.8 Å². The van der Waals surface area contributed by atoms with Crippen molar-refractivity contribution in [1.29, 1.82) is 0 Å². The van der Waals surface area contributed by atoms with Crippen molar-refractivity contribution in [3.8, 4) is 0 Å². The molecule has 1 fully saturated rings. The van der Waals surface area contributed by atoms with Gasteiger partial charge in [-0.3, -0.25) is 4.79 Å². The molecule has 0 saturated heterocycles. The van der Waals surface area contributed by atoms with Crippen molar-refractivity contribution >= 4 is 14.3 Å². The first-order valence-corrected chi connectivity index (χ1v) is 9.91. The highest BCUT2D eigenvalue weighted by atomic mass is 28.4. The van der Waals surface area contributed by atoms with E-state index < -0.39 is 8.32 Å². The molecule has 1 aliphatic rings. The Morgan fingerprint density at radius 1 is 1.32 bits per heavy atom. The van der Waals surface area contributed by atoms with E-state index in [2.05, 4.69) is 40.4 Å². The summed E-state index contributed by atoms with van der Waals surface area (Å²) in [5.74, 6) is -0.0364. The summed E-state index contributed by atoms with van der Waals surface area (Å²) in [4.78, 5) is 11.8. The van der Waals surface area contributed by atoms with Crippen molar-refractivity contribution in [2.24, 2.45) is 11.8 Å². The molecule has 19 heavy (non-hydrogen) atoms. The number of methoxy groups -OCH3 is 1. The van der Waals surface area contributed by atoms with Crippen molar-refractivity contribution < 1.29 is 14.0 Å². The van der Waals surface area contributed by atoms with E-state index in [-0.39, 0.29) is 28.9 Å². The summed E-state index contributed by atoms with van der Waals surface area (Å²) in [6.45, 7) is 15.0. The van der Waals surface area contributed by atoms with Crippen molar-refractivity contribution in [3.63, 3.8) is 0 Å². The lowest BCUT2D eigenvalue weighted by molar-refractivity contribution is -0.146. The van der Waals surface area contributed by atoms with Crippen LogP contribution in [0.4, 0.5) is 0 Å². The Hall–Kier alpha value is -0.613. The van der Waals surface area contributed by atoms with Gasteiger partial charge in [0.25, 0.3) is 0 Å². The van der Waals surface area contributed by atoms with Crippen LogP contribution in [0.1, 0.15) is 33.6 Å². The highest BCUT2D eigenvalue weighted by Gasteiger charge is 2.44. The number of esters is 1. The molecule has 0 radical (unpaired) electrons. The van der Waals surface area contributed by atoms with Gasteiger partial charge in [0.2, 0.25) is 0 Å². The lowest BCUT2D eigenvalue weighted by Crippen LogP contribution is -2.43. The molecule has 4 heteroatoms. The van der Waals surface area contributed by atoms with Crippen LogP contribution in [0.2, 0.25) is 18.1 Å². The van der Waals surface area contributed by atoms with Crippen LogP contribution in [-0.4, -0.2) is 27.5 Å². The number of ether oxygens (including phenoxy) is 1. The van der Waals surface area contributed by atoms with E-state index in [0.29, 0.717) is 0 Å². The molecule has 110 valence electrons. The van der Waals surface area contributed by atoms with E-state index in [0.717, 1.165) is 12.8 Å². The second kappa shape index (κ2) is 5.79. The minimum Gasteiger partial charge on any atom is -0.469 e. The summed E-state index contributed by atoms with van der Waals surface area (Å²) in [6, 6.07) is 0. The molecule has 0 amide bonds. The largest absolute Gasteiger partial charge is 0.469 e. The first kappa shape index (κ1) is 16.4. The van der Waals surface area contributed by atoms with E-state index in [1.54, 1.807) is 0 Å². The first-order valence-electron chi connectivity index (χ1n) is 7.00. The zero-order valence-electron chi connectivity index (χ0n) is 13.2. The molecule has 0 heterocycles. The quantitative estimate of drug-likeness (QED) is 0.448. The van der Waals surface area contributed by atoms with E-state index >= 15 is 0 Å². The van der Waals surface area contributed by atoms with Crippen LogP contribution in [0.15, 0.2) is 12.7 Å². The van der Waals surface area contributed by atoms with Gasteiger partial charge in [-0.15, -0.1) is 6.58 Å². The van der Waals surface area contributed by atoms with Crippen LogP contribution < -0.4 is 0 Å². The molecular weight excluding hydrogens is 256 g/mol. The third-order valence-corrected chi connectivity index (χ3v) is 9.18. The van der Waals surface area contributed by atoms with Crippen LogP contribution in [0.3, 0.4) is 0 Å². The molecule has 1 saturated carbocycles. The Kier molecular flexibility index (Phi) is 5.01. The van der Waals surface area contributed by atoms with Crippen LogP contribution in [0.25, 0.3) is 0 Å². The van der Waals surface area contributed by atoms with Crippen LogP contribution in [0.5, 0.6) is 0 Å². The number of carbonyl (C=O) groups excluding carboxylic acids is 1. The molecule has 0 unspecified atom stereocenters. The molecule has 0 aromatic heterocycles. The molecule has 0 aromatic rings. The van der Waals surface area contributed by atoms with Crippen molar-refractivity contribution in [1.82, 2.24) is 0 Å². The molecule has 0 N–H and O–H groups in total. The smallest absolute Gasteiger partial charge is 0.309 e. The fourth-order valence-electron chi connectivity index (χ4n) is 2.39. The summed E-state index contributed by atoms with van der Waals surface area (Å²) in [5, 5.41) is 0.194. The topological polar surface area (TPSA) is 35.5 Å². The van der Waals surface area contributed by atoms with E-state index in [4.69, 9.17) is 9.16 Å². The Morgan fingerprint density at radius 3 is 2.32 bits per heavy atom. The summed E-state index contributed by atoms with van der Waals surface area (Å²) in [7, 11) is -0.324. The SMILES string of the molecule is C=C[C@H]1C[C@H](O[Si](C)(C)C(C)(C)C)C[C@@H]1C(=O)OC. The van der Waals surface area contributed by atoms with E-state index in [1.807, 2.05) is 6.08 Å². The average molecular weight is 284 g/mol. The average Bonchev–Trinajstić information content (AvgIpc) is 2.68. The molecule has 0 aromatic carbocycles. The lowest BCUT2D eigenvalue weighted by atomic mass is 9.97. The maximum absolute atomic E-state index is 11.8. The maximum atomic E-state index is 11.8. The minimum absolute atomic E-state index is 0.0859. The van der Waals surface area contributed by atoms with Gasteiger partial charge < -0.3 is 9.16 Å². The molecule has 0 spiro atoms. The normalized spacial score (nSPS) is 28.2. The van der Waals surface area contributed by atoms with Gasteiger partial charge in [-0.25, -0.2) is 0 Å². The second-order valence-electron chi connectivity index (χ2n) is 7.00. The van der Waals surface area contributed by atoms with Gasteiger partial charge in [0.05, 0.1) is 13.0 Å². The highest BCUT2D eigenvalue weighted by molar-refractivity contribution is 6.74. The second-order valence-corrected chi connectivity index (χ2v) is 11.8. The standard InChI is InChI=1S/C15H28O3Si/c1-8-11-9-12(10-13(11)14(16)17-5)18-19(6,7)15(2,3)4/h8,11-13H,1,9-10H2,2-7H3/t11-,12-,13-/m0/s1. The molecular formula is C15H28O3Si. The fourth-order valence-corrected chi connectivity index (χ4v) is 3.77. The van der Waals surface area contributed by atoms with Crippen molar-refractivity contribution in [3.05, 3.63) is 12.7 Å². The number of allylic oxidation sites excluding steroid dienone is 1. The number of rotatable bonds is 4. The fraction of sp³-hybridized carbons (Fsp3) is 0.800. The van der Waals surface area contributed by atoms with Gasteiger partial charge in [0, 0.05) is 6.10 Å². The Morgan fingerprint density at radius 2 is 1.89 bits per heavy atom. The predicted molar refractivity (Wildman–Crippen MR) is 80.5 cm³/mol. The molecule has 3 atom stereocenters. The molecule has 0 aliphatic heterocycles. The van der Waals surface area contributed by atoms with Crippen LogP contribution >= 0.6 is 0 Å². The Balaban J connectivity index is 2.74. The van der Waals surface area contributed by atoms with Crippen molar-refractivity contribution in [2.45, 2.75) is 57.8 Å². The summed E-state index contributed by atoms with van der Waals surface area (Å²) in [5.41, 5.74) is 0. The Labute approximate surface area is 118 Å². The van der Waals surface area contributed by atoms with Crippen LogP contribution in [0, 0.1) is 11.8 Å². The van der Waals surface area contributed by atoms with Gasteiger partial charge in [0.15, 0.2) is 8.32 Å². The van der Waals surface area contributed by atoms with Gasteiger partial charge in [-0.05, 0) is 36.9 Å². The maximum Gasteiger partial charge on any atom is 0.309 e. The first-order chi connectivity index (χ1) is 8.62. The zero-order chi connectivity index (χ0) is 14.8. The number of hydrogen-bond acceptors (Lipinski definition) is 3. The van der Waals surface area contributed by atoms with Crippen molar-refractivity contribution in [2.75, 3.05) is 7.11 Å². The van der Waals surface area contributed by atoms with Gasteiger partial charge in [-0.2, -0.15) is 0 Å². The van der Waals surface area contributed by atoms with Crippen LogP contribution in [-0.2, 0) is 14.0 Å². The summed E-state index contributed by atoms with van der Waals surface area (Å²) >= 11 is 0.